The number of nitrogens with one attached hydrogen (secondary N) is 1. The average Bonchev–Trinajstić information content (AvgIpc) is 2.67. The van der Waals surface area contributed by atoms with Crippen molar-refractivity contribution in [3.05, 3.63) is 0 Å². The van der Waals surface area contributed by atoms with Gasteiger partial charge in [-0.05, 0) is 31.1 Å². The first kappa shape index (κ1) is 12.0. The maximum atomic E-state index is 5.61. The van der Waals surface area contributed by atoms with Crippen molar-refractivity contribution in [1.29, 1.82) is 0 Å². The van der Waals surface area contributed by atoms with Crippen LogP contribution in [-0.4, -0.2) is 19.8 Å². The lowest BCUT2D eigenvalue weighted by atomic mass is 9.91. The minimum absolute atomic E-state index is 0.489. The lowest BCUT2D eigenvalue weighted by molar-refractivity contribution is 0.143. The molecule has 0 aromatic carbocycles. The molecule has 0 aliphatic heterocycles. The van der Waals surface area contributed by atoms with Gasteiger partial charge in [0.15, 0.2) is 0 Å². The number of rotatable bonds is 6. The van der Waals surface area contributed by atoms with E-state index in [1.54, 1.807) is 7.11 Å². The predicted octanol–water partition coefficient (Wildman–Crippen LogP) is 1.68. The number of hydrazine groups is 1. The van der Waals surface area contributed by atoms with Crippen molar-refractivity contribution < 1.29 is 4.74 Å². The van der Waals surface area contributed by atoms with Crippen LogP contribution in [0.4, 0.5) is 0 Å². The summed E-state index contributed by atoms with van der Waals surface area (Å²) < 4.78 is 5.14. The summed E-state index contributed by atoms with van der Waals surface area (Å²) in [6.45, 7) is 3.06. The van der Waals surface area contributed by atoms with E-state index in [0.29, 0.717) is 12.0 Å². The van der Waals surface area contributed by atoms with Crippen LogP contribution in [-0.2, 0) is 4.74 Å². The van der Waals surface area contributed by atoms with Crippen molar-refractivity contribution in [3.63, 3.8) is 0 Å². The summed E-state index contributed by atoms with van der Waals surface area (Å²) in [5.74, 6) is 7.00. The summed E-state index contributed by atoms with van der Waals surface area (Å²) >= 11 is 0. The Balaban J connectivity index is 2.29. The summed E-state index contributed by atoms with van der Waals surface area (Å²) in [7, 11) is 1.76. The molecule has 0 spiro atoms. The molecule has 1 saturated carbocycles. The zero-order valence-electron chi connectivity index (χ0n) is 9.46. The van der Waals surface area contributed by atoms with Gasteiger partial charge >= 0.3 is 0 Å². The Morgan fingerprint density at radius 1 is 1.43 bits per heavy atom. The first-order chi connectivity index (χ1) is 6.77. The third-order valence-corrected chi connectivity index (χ3v) is 3.29. The van der Waals surface area contributed by atoms with E-state index >= 15 is 0 Å². The largest absolute Gasteiger partial charge is 0.384 e. The van der Waals surface area contributed by atoms with Crippen molar-refractivity contribution in [2.75, 3.05) is 13.7 Å². The highest BCUT2D eigenvalue weighted by Gasteiger charge is 2.25. The molecule has 1 aliphatic rings. The van der Waals surface area contributed by atoms with Crippen molar-refractivity contribution in [1.82, 2.24) is 5.43 Å². The monoisotopic (exact) mass is 200 g/mol. The van der Waals surface area contributed by atoms with Gasteiger partial charge in [-0.1, -0.05) is 19.8 Å². The first-order valence-corrected chi connectivity index (χ1v) is 5.73. The molecule has 0 aromatic rings. The lowest BCUT2D eigenvalue weighted by Crippen LogP contribution is -2.41. The lowest BCUT2D eigenvalue weighted by Gasteiger charge is -2.25. The average molecular weight is 200 g/mol. The second-order valence-corrected chi connectivity index (χ2v) is 4.61. The van der Waals surface area contributed by atoms with Gasteiger partial charge in [0, 0.05) is 19.8 Å². The zero-order chi connectivity index (χ0) is 10.4. The minimum atomic E-state index is 0.489. The van der Waals surface area contributed by atoms with Crippen molar-refractivity contribution in [2.24, 2.45) is 17.7 Å². The van der Waals surface area contributed by atoms with Crippen LogP contribution in [0.1, 0.15) is 39.0 Å². The molecule has 0 heterocycles. The molecule has 1 fully saturated rings. The molecule has 14 heavy (non-hydrogen) atoms. The van der Waals surface area contributed by atoms with Crippen LogP contribution in [0, 0.1) is 11.8 Å². The van der Waals surface area contributed by atoms with Gasteiger partial charge in [-0.25, -0.2) is 0 Å². The molecule has 3 heteroatoms. The summed E-state index contributed by atoms with van der Waals surface area (Å²) in [5, 5.41) is 0. The predicted molar refractivity (Wildman–Crippen MR) is 58.7 cm³/mol. The van der Waals surface area contributed by atoms with Crippen LogP contribution < -0.4 is 11.3 Å². The maximum absolute atomic E-state index is 5.61. The SMILES string of the molecule is COCC(C)CC(NN)C1CCCC1. The molecule has 2 unspecified atom stereocenters. The van der Waals surface area contributed by atoms with E-state index in [2.05, 4.69) is 12.3 Å². The summed E-state index contributed by atoms with van der Waals surface area (Å²) in [5.41, 5.74) is 2.98. The molecule has 1 rings (SSSR count). The van der Waals surface area contributed by atoms with E-state index in [9.17, 15) is 0 Å². The van der Waals surface area contributed by atoms with Crippen molar-refractivity contribution in [3.8, 4) is 0 Å². The molecular formula is C11H24N2O. The van der Waals surface area contributed by atoms with Crippen molar-refractivity contribution in [2.45, 2.75) is 45.1 Å². The van der Waals surface area contributed by atoms with E-state index in [1.165, 1.54) is 25.7 Å². The Morgan fingerprint density at radius 2 is 2.07 bits per heavy atom. The van der Waals surface area contributed by atoms with E-state index in [1.807, 2.05) is 0 Å². The van der Waals surface area contributed by atoms with E-state index in [-0.39, 0.29) is 0 Å². The van der Waals surface area contributed by atoms with E-state index in [4.69, 9.17) is 10.6 Å². The number of methoxy groups -OCH3 is 1. The molecule has 84 valence electrons. The topological polar surface area (TPSA) is 47.3 Å². The normalized spacial score (nSPS) is 22.5. The number of ether oxygens (including phenoxy) is 1. The molecule has 0 amide bonds. The highest BCUT2D eigenvalue weighted by Crippen LogP contribution is 2.29. The maximum Gasteiger partial charge on any atom is 0.0488 e. The molecule has 0 bridgehead atoms. The number of hydrogen-bond donors (Lipinski definition) is 2. The molecule has 3 nitrogen and oxygen atoms in total. The minimum Gasteiger partial charge on any atom is -0.384 e. The van der Waals surface area contributed by atoms with Crippen LogP contribution in [0.25, 0.3) is 0 Å². The van der Waals surface area contributed by atoms with Crippen LogP contribution in [0.15, 0.2) is 0 Å². The van der Waals surface area contributed by atoms with Gasteiger partial charge in [0.1, 0.15) is 0 Å². The van der Waals surface area contributed by atoms with Crippen LogP contribution in [0.2, 0.25) is 0 Å². The van der Waals surface area contributed by atoms with Crippen LogP contribution >= 0.6 is 0 Å². The van der Waals surface area contributed by atoms with E-state index in [0.717, 1.165) is 18.9 Å². The molecule has 2 atom stereocenters. The quantitative estimate of drug-likeness (QED) is 0.506. The number of nitrogens with two attached hydrogens (primary N) is 1. The summed E-state index contributed by atoms with van der Waals surface area (Å²) in [4.78, 5) is 0. The van der Waals surface area contributed by atoms with Gasteiger partial charge in [-0.3, -0.25) is 11.3 Å². The second kappa shape index (κ2) is 6.38. The second-order valence-electron chi connectivity index (χ2n) is 4.61. The Labute approximate surface area is 87.4 Å². The Hall–Kier alpha value is -0.120. The Morgan fingerprint density at radius 3 is 2.57 bits per heavy atom. The Bertz CT molecular complexity index is 146. The smallest absolute Gasteiger partial charge is 0.0488 e. The van der Waals surface area contributed by atoms with Gasteiger partial charge in [-0.15, -0.1) is 0 Å². The summed E-state index contributed by atoms with van der Waals surface area (Å²) in [6, 6.07) is 0.489. The third-order valence-electron chi connectivity index (χ3n) is 3.29. The third kappa shape index (κ3) is 3.56. The standard InChI is InChI=1S/C11H24N2O/c1-9(8-14-2)7-11(13-12)10-5-3-4-6-10/h9-11,13H,3-8,12H2,1-2H3. The van der Waals surface area contributed by atoms with Gasteiger partial charge in [0.2, 0.25) is 0 Å². The zero-order valence-corrected chi connectivity index (χ0v) is 9.46. The van der Waals surface area contributed by atoms with Gasteiger partial charge in [0.25, 0.3) is 0 Å². The molecule has 0 radical (unpaired) electrons. The fraction of sp³-hybridized carbons (Fsp3) is 1.00. The van der Waals surface area contributed by atoms with Gasteiger partial charge in [-0.2, -0.15) is 0 Å². The molecule has 1 aliphatic carbocycles. The fourth-order valence-corrected chi connectivity index (χ4v) is 2.54. The molecular weight excluding hydrogens is 176 g/mol. The highest BCUT2D eigenvalue weighted by atomic mass is 16.5. The Kier molecular flexibility index (Phi) is 5.45. The fourth-order valence-electron chi connectivity index (χ4n) is 2.54. The molecule has 0 aromatic heterocycles. The van der Waals surface area contributed by atoms with Crippen LogP contribution in [0.3, 0.4) is 0 Å². The number of hydrogen-bond acceptors (Lipinski definition) is 3. The van der Waals surface area contributed by atoms with Crippen LogP contribution in [0.5, 0.6) is 0 Å². The van der Waals surface area contributed by atoms with E-state index < -0.39 is 0 Å². The summed E-state index contributed by atoms with van der Waals surface area (Å²) in [6.07, 6.45) is 6.57. The molecule has 3 N–H and O–H groups in total. The molecule has 0 saturated heterocycles. The van der Waals surface area contributed by atoms with Gasteiger partial charge in [0.05, 0.1) is 0 Å². The highest BCUT2D eigenvalue weighted by molar-refractivity contribution is 4.80. The van der Waals surface area contributed by atoms with Crippen molar-refractivity contribution >= 4 is 0 Å². The van der Waals surface area contributed by atoms with Gasteiger partial charge < -0.3 is 4.74 Å². The first-order valence-electron chi connectivity index (χ1n) is 5.73.